The van der Waals surface area contributed by atoms with Crippen LogP contribution in [0, 0.1) is 5.41 Å². The predicted molar refractivity (Wildman–Crippen MR) is 87.1 cm³/mol. The summed E-state index contributed by atoms with van der Waals surface area (Å²) in [6.07, 6.45) is 1.59. The molecule has 0 saturated carbocycles. The molecule has 0 aliphatic heterocycles. The molecule has 0 aromatic carbocycles. The number of alkyl halides is 5. The molecular formula is C12H18Cl5N3. The van der Waals surface area contributed by atoms with Gasteiger partial charge in [0.05, 0.1) is 5.69 Å². The van der Waals surface area contributed by atoms with Crippen LogP contribution in [0.3, 0.4) is 0 Å². The molecule has 3 nitrogen and oxygen atoms in total. The van der Waals surface area contributed by atoms with Crippen molar-refractivity contribution in [1.29, 1.82) is 0 Å². The molecule has 116 valence electrons. The zero-order valence-electron chi connectivity index (χ0n) is 11.9. The molecule has 0 aliphatic carbocycles. The first-order valence-corrected chi connectivity index (χ1v) is 8.16. The van der Waals surface area contributed by atoms with Crippen molar-refractivity contribution in [2.24, 2.45) is 5.41 Å². The van der Waals surface area contributed by atoms with Crippen LogP contribution in [0.5, 0.6) is 0 Å². The summed E-state index contributed by atoms with van der Waals surface area (Å²) in [5.41, 5.74) is 1.11. The Labute approximate surface area is 144 Å². The zero-order chi connectivity index (χ0) is 15.8. The molecule has 0 radical (unpaired) electrons. The lowest BCUT2D eigenvalue weighted by atomic mass is 9.89. The van der Waals surface area contributed by atoms with Crippen molar-refractivity contribution >= 4 is 58.0 Å². The first-order valence-electron chi connectivity index (χ1n) is 6.27. The lowest BCUT2D eigenvalue weighted by molar-refractivity contribution is 0.389. The molecule has 0 N–H and O–H groups in total. The number of rotatable bonds is 4. The van der Waals surface area contributed by atoms with Crippen molar-refractivity contribution in [3.05, 3.63) is 11.4 Å². The van der Waals surface area contributed by atoms with Gasteiger partial charge in [-0.15, -0.1) is 5.10 Å². The minimum Gasteiger partial charge on any atom is -0.249 e. The van der Waals surface area contributed by atoms with Crippen LogP contribution in [0.2, 0.25) is 0 Å². The van der Waals surface area contributed by atoms with E-state index in [-0.39, 0.29) is 5.41 Å². The van der Waals surface area contributed by atoms with E-state index in [4.69, 9.17) is 58.0 Å². The van der Waals surface area contributed by atoms with Gasteiger partial charge in [0, 0.05) is 6.54 Å². The van der Waals surface area contributed by atoms with Crippen molar-refractivity contribution < 1.29 is 0 Å². The van der Waals surface area contributed by atoms with E-state index in [1.54, 1.807) is 4.68 Å². The summed E-state index contributed by atoms with van der Waals surface area (Å²) >= 11 is 30.1. The average Bonchev–Trinajstić information content (AvgIpc) is 2.58. The molecule has 20 heavy (non-hydrogen) atoms. The van der Waals surface area contributed by atoms with Crippen molar-refractivity contribution in [3.8, 4) is 0 Å². The average molecular weight is 382 g/mol. The third kappa shape index (κ3) is 4.30. The maximum atomic E-state index is 6.24. The molecule has 0 aliphatic rings. The Hall–Kier alpha value is 0.590. The quantitative estimate of drug-likeness (QED) is 0.665. The van der Waals surface area contributed by atoms with Crippen molar-refractivity contribution in [2.45, 2.75) is 55.2 Å². The summed E-state index contributed by atoms with van der Waals surface area (Å²) in [6, 6.07) is 0. The molecule has 1 rings (SSSR count). The second-order valence-corrected chi connectivity index (χ2v) is 9.53. The number of hydrogen-bond donors (Lipinski definition) is 0. The van der Waals surface area contributed by atoms with E-state index < -0.39 is 8.13 Å². The SMILES string of the molecule is CCCn1nnc(C(Cl)(Cl)C(Cl)(Cl)Cl)c1CC(C)(C)C. The van der Waals surface area contributed by atoms with Gasteiger partial charge >= 0.3 is 0 Å². The van der Waals surface area contributed by atoms with E-state index in [1.165, 1.54) is 0 Å². The van der Waals surface area contributed by atoms with Crippen molar-refractivity contribution in [1.82, 2.24) is 15.0 Å². The lowest BCUT2D eigenvalue weighted by Crippen LogP contribution is -2.31. The number of nitrogens with zero attached hydrogens (tertiary/aromatic N) is 3. The summed E-state index contributed by atoms with van der Waals surface area (Å²) in [4.78, 5) is 0. The van der Waals surface area contributed by atoms with Gasteiger partial charge in [0.15, 0.2) is 0 Å². The fraction of sp³-hybridized carbons (Fsp3) is 0.833. The Balaban J connectivity index is 3.34. The van der Waals surface area contributed by atoms with Gasteiger partial charge < -0.3 is 0 Å². The van der Waals surface area contributed by atoms with Crippen LogP contribution in [-0.4, -0.2) is 18.8 Å². The van der Waals surface area contributed by atoms with E-state index >= 15 is 0 Å². The zero-order valence-corrected chi connectivity index (χ0v) is 15.6. The maximum absolute atomic E-state index is 6.24. The highest BCUT2D eigenvalue weighted by Crippen LogP contribution is 2.53. The third-order valence-electron chi connectivity index (χ3n) is 2.62. The molecule has 0 bridgehead atoms. The Morgan fingerprint density at radius 2 is 1.60 bits per heavy atom. The Bertz CT molecular complexity index is 457. The van der Waals surface area contributed by atoms with Gasteiger partial charge in [-0.1, -0.05) is 90.9 Å². The fourth-order valence-corrected chi connectivity index (χ4v) is 2.34. The molecule has 0 fully saturated rings. The van der Waals surface area contributed by atoms with Gasteiger partial charge in [0.1, 0.15) is 5.69 Å². The summed E-state index contributed by atoms with van der Waals surface area (Å²) in [5.74, 6) is 0. The van der Waals surface area contributed by atoms with Gasteiger partial charge in [0.2, 0.25) is 8.13 Å². The Morgan fingerprint density at radius 3 is 2.00 bits per heavy atom. The Kier molecular flexibility index (Phi) is 5.94. The van der Waals surface area contributed by atoms with Gasteiger partial charge in [-0.3, -0.25) is 0 Å². The summed E-state index contributed by atoms with van der Waals surface area (Å²) in [6.45, 7) is 9.05. The molecule has 0 spiro atoms. The molecule has 1 heterocycles. The van der Waals surface area contributed by atoms with Crippen LogP contribution < -0.4 is 0 Å². The van der Waals surface area contributed by atoms with Crippen molar-refractivity contribution in [2.75, 3.05) is 0 Å². The van der Waals surface area contributed by atoms with E-state index in [9.17, 15) is 0 Å². The van der Waals surface area contributed by atoms with Crippen LogP contribution in [-0.2, 0) is 17.3 Å². The molecule has 0 amide bonds. The number of aryl methyl sites for hydroxylation is 1. The standard InChI is InChI=1S/C12H18Cl5N3/c1-5-6-20-8(7-10(2,3)4)9(18-19-20)11(13,14)12(15,16)17/h5-7H2,1-4H3. The molecule has 1 aromatic rings. The van der Waals surface area contributed by atoms with Crippen LogP contribution in [0.25, 0.3) is 0 Å². The first-order chi connectivity index (χ1) is 8.90. The van der Waals surface area contributed by atoms with Crippen LogP contribution in [0.1, 0.15) is 45.5 Å². The van der Waals surface area contributed by atoms with Crippen LogP contribution in [0.4, 0.5) is 0 Å². The van der Waals surface area contributed by atoms with Crippen LogP contribution >= 0.6 is 58.0 Å². The normalized spacial score (nSPS) is 13.8. The lowest BCUT2D eigenvalue weighted by Gasteiger charge is -2.28. The smallest absolute Gasteiger partial charge is 0.228 e. The second kappa shape index (κ2) is 6.37. The third-order valence-corrected chi connectivity index (χ3v) is 4.98. The molecule has 1 aromatic heterocycles. The topological polar surface area (TPSA) is 30.7 Å². The van der Waals surface area contributed by atoms with Gasteiger partial charge in [-0.25, -0.2) is 4.68 Å². The molecule has 8 heteroatoms. The highest BCUT2D eigenvalue weighted by Gasteiger charge is 2.51. The highest BCUT2D eigenvalue weighted by molar-refractivity contribution is 6.75. The second-order valence-electron chi connectivity index (χ2n) is 5.92. The first kappa shape index (κ1) is 18.6. The van der Waals surface area contributed by atoms with Crippen molar-refractivity contribution in [3.63, 3.8) is 0 Å². The summed E-state index contributed by atoms with van der Waals surface area (Å²) < 4.78 is -1.86. The largest absolute Gasteiger partial charge is 0.249 e. The number of halogens is 5. The molecule has 0 unspecified atom stereocenters. The maximum Gasteiger partial charge on any atom is 0.228 e. The van der Waals surface area contributed by atoms with Crippen LogP contribution in [0.15, 0.2) is 0 Å². The summed E-state index contributed by atoms with van der Waals surface area (Å²) in [5, 5.41) is 8.14. The van der Waals surface area contributed by atoms with Gasteiger partial charge in [0.25, 0.3) is 0 Å². The number of aromatic nitrogens is 3. The van der Waals surface area contributed by atoms with E-state index in [2.05, 4.69) is 31.1 Å². The van der Waals surface area contributed by atoms with E-state index in [0.29, 0.717) is 18.7 Å². The minimum absolute atomic E-state index is 0.000584. The monoisotopic (exact) mass is 379 g/mol. The Morgan fingerprint density at radius 1 is 1.05 bits per heavy atom. The van der Waals surface area contributed by atoms with E-state index in [0.717, 1.165) is 12.1 Å². The molecule has 0 saturated heterocycles. The van der Waals surface area contributed by atoms with Gasteiger partial charge in [-0.2, -0.15) is 0 Å². The number of hydrogen-bond acceptors (Lipinski definition) is 2. The van der Waals surface area contributed by atoms with E-state index in [1.807, 2.05) is 6.92 Å². The minimum atomic E-state index is -1.89. The summed E-state index contributed by atoms with van der Waals surface area (Å²) in [7, 11) is 0. The highest BCUT2D eigenvalue weighted by atomic mass is 35.6. The fourth-order valence-electron chi connectivity index (χ4n) is 1.78. The molecular weight excluding hydrogens is 363 g/mol. The predicted octanol–water partition coefficient (Wildman–Crippen LogP) is 5.28. The van der Waals surface area contributed by atoms with Gasteiger partial charge in [-0.05, 0) is 18.3 Å². The molecule has 0 atom stereocenters.